The zero-order chi connectivity index (χ0) is 33.6. The Kier molecular flexibility index (Phi) is 13.1. The van der Waals surface area contributed by atoms with Crippen molar-refractivity contribution in [2.45, 2.75) is 152 Å². The normalized spacial score (nSPS) is 33.5. The molecule has 0 aliphatic heterocycles. The summed E-state index contributed by atoms with van der Waals surface area (Å²) in [5.74, 6) is 4.53. The number of hydrogen-bond acceptors (Lipinski definition) is 4. The molecule has 45 heavy (non-hydrogen) atoms. The number of hydrogen-bond donors (Lipinski definition) is 4. The minimum atomic E-state index is -0.166. The fraction of sp³-hybridized carbons (Fsp3) is 0.756. The van der Waals surface area contributed by atoms with Crippen LogP contribution in [0.1, 0.15) is 146 Å². The molecule has 4 aliphatic rings. The first kappa shape index (κ1) is 37.5. The monoisotopic (exact) mass is 623 g/mol. The van der Waals surface area contributed by atoms with E-state index in [4.69, 9.17) is 16.6 Å². The lowest BCUT2D eigenvalue weighted by molar-refractivity contribution is -0.0781. The van der Waals surface area contributed by atoms with Crippen LogP contribution in [0.2, 0.25) is 0 Å². The Morgan fingerprint density at radius 2 is 1.56 bits per heavy atom. The highest BCUT2D eigenvalue weighted by atomic mass is 16.3. The lowest BCUT2D eigenvalue weighted by Gasteiger charge is -2.61. The summed E-state index contributed by atoms with van der Waals surface area (Å²) in [7, 11) is 0. The van der Waals surface area contributed by atoms with Gasteiger partial charge in [0.25, 0.3) is 0 Å². The number of nitrogen functional groups attached to an aromatic ring is 2. The summed E-state index contributed by atoms with van der Waals surface area (Å²) in [4.78, 5) is 0. The highest BCUT2D eigenvalue weighted by Crippen LogP contribution is 2.69. The standard InChI is InChI=1S/C30H50O.C6H8N2O.C5H12/c1-20(2)10-8-9-11-21(3)23-13-14-24-22-12-15-26-28(4,5)27(31)17-19-30(26,7)25(22)16-18-29(23,24)6;7-4-1-5(8)3-6(9)2-4;1-3-5-4-2/h10,15,21-25,27,31H,8-9,11-14,16-19H2,1-7H3;1-3,9H,7-8H2;3-5H2,1-2H3. The molecule has 0 bridgehead atoms. The van der Waals surface area contributed by atoms with Gasteiger partial charge in [-0.25, -0.2) is 0 Å². The van der Waals surface area contributed by atoms with Gasteiger partial charge in [-0.3, -0.25) is 0 Å². The number of aliphatic hydroxyl groups excluding tert-OH is 1. The van der Waals surface area contributed by atoms with Gasteiger partial charge in [0, 0.05) is 28.9 Å². The van der Waals surface area contributed by atoms with Crippen LogP contribution in [0.4, 0.5) is 11.4 Å². The Balaban J connectivity index is 0.000000326. The van der Waals surface area contributed by atoms with E-state index < -0.39 is 0 Å². The summed E-state index contributed by atoms with van der Waals surface area (Å²) in [5.41, 5.74) is 15.5. The number of phenolic OH excluding ortho intramolecular Hbond substituents is 1. The Labute approximate surface area is 277 Å². The summed E-state index contributed by atoms with van der Waals surface area (Å²) in [6, 6.07) is 4.46. The molecule has 0 saturated heterocycles. The van der Waals surface area contributed by atoms with Crippen molar-refractivity contribution < 1.29 is 10.2 Å². The smallest absolute Gasteiger partial charge is 0.119 e. The zero-order valence-electron chi connectivity index (χ0n) is 30.6. The molecule has 4 aliphatic carbocycles. The van der Waals surface area contributed by atoms with Gasteiger partial charge in [-0.1, -0.05) is 97.4 Å². The molecule has 6 N–H and O–H groups in total. The van der Waals surface area contributed by atoms with E-state index in [1.54, 1.807) is 11.6 Å². The third kappa shape index (κ3) is 8.51. The average molecular weight is 623 g/mol. The van der Waals surface area contributed by atoms with Crippen molar-refractivity contribution in [3.8, 4) is 5.75 Å². The quantitative estimate of drug-likeness (QED) is 0.138. The van der Waals surface area contributed by atoms with Crippen LogP contribution >= 0.6 is 0 Å². The molecule has 1 aromatic carbocycles. The molecule has 3 saturated carbocycles. The lowest BCUT2D eigenvalue weighted by atomic mass is 9.44. The van der Waals surface area contributed by atoms with Gasteiger partial charge >= 0.3 is 0 Å². The number of fused-ring (bicyclic) bond motifs is 5. The van der Waals surface area contributed by atoms with E-state index >= 15 is 0 Å². The first-order chi connectivity index (χ1) is 21.1. The maximum absolute atomic E-state index is 10.7. The molecular formula is C41H70N2O2. The van der Waals surface area contributed by atoms with Crippen LogP contribution in [-0.2, 0) is 0 Å². The van der Waals surface area contributed by atoms with Crippen molar-refractivity contribution in [2.24, 2.45) is 45.8 Å². The fourth-order valence-corrected chi connectivity index (χ4v) is 10.4. The van der Waals surface area contributed by atoms with E-state index in [2.05, 4.69) is 74.5 Å². The van der Waals surface area contributed by atoms with Gasteiger partial charge in [-0.2, -0.15) is 0 Å². The van der Waals surface area contributed by atoms with Crippen LogP contribution in [-0.4, -0.2) is 16.3 Å². The van der Waals surface area contributed by atoms with Gasteiger partial charge in [0.2, 0.25) is 0 Å². The number of rotatable bonds is 7. The number of anilines is 2. The zero-order valence-corrected chi connectivity index (χ0v) is 30.6. The van der Waals surface area contributed by atoms with E-state index in [1.165, 1.54) is 94.8 Å². The van der Waals surface area contributed by atoms with E-state index in [-0.39, 0.29) is 17.3 Å². The van der Waals surface area contributed by atoms with Crippen molar-refractivity contribution in [2.75, 3.05) is 11.5 Å². The Morgan fingerprint density at radius 1 is 0.911 bits per heavy atom. The maximum Gasteiger partial charge on any atom is 0.119 e. The van der Waals surface area contributed by atoms with Crippen molar-refractivity contribution >= 4 is 11.4 Å². The first-order valence-electron chi connectivity index (χ1n) is 18.5. The largest absolute Gasteiger partial charge is 0.508 e. The molecule has 0 spiro atoms. The van der Waals surface area contributed by atoms with E-state index in [1.807, 2.05) is 0 Å². The number of allylic oxidation sites excluding steroid dienone is 3. The highest BCUT2D eigenvalue weighted by molar-refractivity contribution is 5.56. The van der Waals surface area contributed by atoms with Crippen molar-refractivity contribution in [3.63, 3.8) is 0 Å². The topological polar surface area (TPSA) is 92.5 Å². The number of nitrogens with two attached hydrogens (primary N) is 2. The SMILES string of the molecule is CC(C)=CCCCC(C)C1CCC2C3CC=C4C(C)(C)C(O)CCC4(C)C3CCC12C.CCCCC.Nc1cc(N)cc(O)c1. The summed E-state index contributed by atoms with van der Waals surface area (Å²) in [6.07, 6.45) is 22.2. The highest BCUT2D eigenvalue weighted by Gasteiger charge is 2.61. The summed E-state index contributed by atoms with van der Waals surface area (Å²) < 4.78 is 0. The van der Waals surface area contributed by atoms with Gasteiger partial charge in [0.15, 0.2) is 0 Å². The molecule has 0 aromatic heterocycles. The van der Waals surface area contributed by atoms with Gasteiger partial charge in [-0.05, 0) is 118 Å². The molecule has 5 rings (SSSR count). The maximum atomic E-state index is 10.7. The van der Waals surface area contributed by atoms with Crippen LogP contribution in [0.25, 0.3) is 0 Å². The number of benzene rings is 1. The second-order valence-electron chi connectivity index (χ2n) is 16.6. The lowest BCUT2D eigenvalue weighted by Crippen LogP contribution is -2.54. The van der Waals surface area contributed by atoms with Crippen molar-refractivity contribution in [1.82, 2.24) is 0 Å². The molecule has 256 valence electrons. The number of aliphatic hydroxyl groups is 1. The predicted octanol–water partition coefficient (Wildman–Crippen LogP) is 11.1. The third-order valence-corrected chi connectivity index (χ3v) is 12.8. The van der Waals surface area contributed by atoms with E-state index in [0.717, 1.165) is 36.0 Å². The summed E-state index contributed by atoms with van der Waals surface area (Å²) in [6.45, 7) is 21.3. The molecule has 8 atom stereocenters. The Bertz CT molecular complexity index is 1100. The third-order valence-electron chi connectivity index (χ3n) is 12.8. The molecule has 1 aromatic rings. The Morgan fingerprint density at radius 3 is 2.11 bits per heavy atom. The van der Waals surface area contributed by atoms with Crippen LogP contribution in [0.15, 0.2) is 41.5 Å². The summed E-state index contributed by atoms with van der Waals surface area (Å²) >= 11 is 0. The molecule has 0 heterocycles. The van der Waals surface area contributed by atoms with Crippen LogP contribution in [0.5, 0.6) is 5.75 Å². The predicted molar refractivity (Wildman–Crippen MR) is 195 cm³/mol. The first-order valence-corrected chi connectivity index (χ1v) is 18.5. The Hall–Kier alpha value is -1.94. The molecule has 8 unspecified atom stereocenters. The molecule has 4 heteroatoms. The second kappa shape index (κ2) is 15.8. The number of aromatic hydroxyl groups is 1. The van der Waals surface area contributed by atoms with E-state index in [0.29, 0.717) is 22.2 Å². The molecule has 0 amide bonds. The van der Waals surface area contributed by atoms with Gasteiger partial charge < -0.3 is 21.7 Å². The van der Waals surface area contributed by atoms with Crippen molar-refractivity contribution in [1.29, 1.82) is 0 Å². The van der Waals surface area contributed by atoms with Gasteiger partial charge in [0.05, 0.1) is 6.10 Å². The number of phenols is 1. The van der Waals surface area contributed by atoms with Crippen LogP contribution < -0.4 is 11.5 Å². The van der Waals surface area contributed by atoms with E-state index in [9.17, 15) is 5.11 Å². The van der Waals surface area contributed by atoms with Crippen LogP contribution in [0.3, 0.4) is 0 Å². The van der Waals surface area contributed by atoms with Gasteiger partial charge in [-0.15, -0.1) is 0 Å². The molecular weight excluding hydrogens is 552 g/mol. The number of unbranched alkanes of at least 4 members (excludes halogenated alkanes) is 3. The average Bonchev–Trinajstić information content (AvgIpc) is 3.31. The minimum Gasteiger partial charge on any atom is -0.508 e. The molecule has 3 fully saturated rings. The van der Waals surface area contributed by atoms with Crippen molar-refractivity contribution in [3.05, 3.63) is 41.5 Å². The van der Waals surface area contributed by atoms with Gasteiger partial charge in [0.1, 0.15) is 5.75 Å². The fourth-order valence-electron chi connectivity index (χ4n) is 10.4. The molecule has 4 nitrogen and oxygen atoms in total. The van der Waals surface area contributed by atoms with Crippen LogP contribution in [0, 0.1) is 45.8 Å². The molecule has 0 radical (unpaired) electrons. The summed E-state index contributed by atoms with van der Waals surface area (Å²) in [5, 5.41) is 19.6. The second-order valence-corrected chi connectivity index (χ2v) is 16.6. The minimum absolute atomic E-state index is 0.0449.